The molecule has 0 radical (unpaired) electrons. The summed E-state index contributed by atoms with van der Waals surface area (Å²) in [5.41, 5.74) is -0.717. The molecule has 2 N–H and O–H groups in total. The van der Waals surface area contributed by atoms with Gasteiger partial charge in [-0.1, -0.05) is 6.58 Å². The Hall–Kier alpha value is -1.85. The summed E-state index contributed by atoms with van der Waals surface area (Å²) in [4.78, 5) is 33.6. The van der Waals surface area contributed by atoms with Gasteiger partial charge in [-0.05, 0) is 39.0 Å². The number of hydrogen-bond donors (Lipinski definition) is 2. The van der Waals surface area contributed by atoms with Crippen molar-refractivity contribution in [2.24, 2.45) is 11.3 Å². The number of carboxylic acids is 2. The number of aliphatic carboxylic acids is 2. The van der Waals surface area contributed by atoms with Crippen molar-refractivity contribution in [1.29, 1.82) is 0 Å². The van der Waals surface area contributed by atoms with E-state index in [2.05, 4.69) is 6.58 Å². The van der Waals surface area contributed by atoms with E-state index in [-0.39, 0.29) is 18.6 Å². The normalized spacial score (nSPS) is 25.8. The number of esters is 1. The molecule has 0 aromatic rings. The predicted molar refractivity (Wildman–Crippen MR) is 70.1 cm³/mol. The van der Waals surface area contributed by atoms with E-state index >= 15 is 0 Å². The first-order chi connectivity index (χ1) is 9.28. The Kier molecular flexibility index (Phi) is 5.30. The van der Waals surface area contributed by atoms with E-state index in [0.717, 1.165) is 0 Å². The van der Waals surface area contributed by atoms with Crippen molar-refractivity contribution in [1.82, 2.24) is 0 Å². The van der Waals surface area contributed by atoms with Crippen molar-refractivity contribution in [2.45, 2.75) is 39.0 Å². The summed E-state index contributed by atoms with van der Waals surface area (Å²) in [5.74, 6) is -2.84. The molecule has 0 aromatic heterocycles. The van der Waals surface area contributed by atoms with Gasteiger partial charge in [0.15, 0.2) is 0 Å². The first-order valence-corrected chi connectivity index (χ1v) is 6.57. The Morgan fingerprint density at radius 1 is 1.25 bits per heavy atom. The van der Waals surface area contributed by atoms with Crippen molar-refractivity contribution in [3.05, 3.63) is 12.2 Å². The van der Waals surface area contributed by atoms with Crippen LogP contribution in [0, 0.1) is 11.3 Å². The number of carbonyl (C=O) groups excluding carboxylic acids is 1. The van der Waals surface area contributed by atoms with Crippen LogP contribution in [0.2, 0.25) is 0 Å². The van der Waals surface area contributed by atoms with E-state index in [1.165, 1.54) is 6.92 Å². The second-order valence-electron chi connectivity index (χ2n) is 5.36. The zero-order chi connectivity index (χ0) is 15.3. The number of carbonyl (C=O) groups is 3. The summed E-state index contributed by atoms with van der Waals surface area (Å²) in [7, 11) is 0. The zero-order valence-electron chi connectivity index (χ0n) is 11.6. The predicted octanol–water partition coefficient (Wildman–Crippen LogP) is 1.84. The monoisotopic (exact) mass is 284 g/mol. The molecule has 0 saturated heterocycles. The minimum Gasteiger partial charge on any atom is -0.481 e. The highest BCUT2D eigenvalue weighted by Crippen LogP contribution is 2.42. The van der Waals surface area contributed by atoms with Gasteiger partial charge < -0.3 is 14.9 Å². The number of carboxylic acid groups (broad SMARTS) is 2. The third-order valence-corrected chi connectivity index (χ3v) is 3.91. The zero-order valence-corrected chi connectivity index (χ0v) is 11.6. The molecule has 1 rings (SSSR count). The lowest BCUT2D eigenvalue weighted by molar-refractivity contribution is -0.158. The van der Waals surface area contributed by atoms with Crippen molar-refractivity contribution in [2.75, 3.05) is 6.61 Å². The standard InChI is InChI=1S/C14H20O6/c1-9(2)12(17)20-8-7-14(13(18)19)5-3-10(4-6-14)11(15)16/h10H,1,3-8H2,2H3,(H,15,16)(H,18,19). The molecule has 112 valence electrons. The Bertz CT molecular complexity index is 417. The fourth-order valence-corrected chi connectivity index (χ4v) is 2.45. The molecule has 0 aromatic carbocycles. The van der Waals surface area contributed by atoms with Crippen LogP contribution in [-0.4, -0.2) is 34.7 Å². The molecule has 20 heavy (non-hydrogen) atoms. The van der Waals surface area contributed by atoms with E-state index in [4.69, 9.17) is 9.84 Å². The van der Waals surface area contributed by atoms with Crippen molar-refractivity contribution >= 4 is 17.9 Å². The highest BCUT2D eigenvalue weighted by molar-refractivity contribution is 5.87. The first-order valence-electron chi connectivity index (χ1n) is 6.57. The van der Waals surface area contributed by atoms with Crippen LogP contribution < -0.4 is 0 Å². The Morgan fingerprint density at radius 2 is 1.80 bits per heavy atom. The van der Waals surface area contributed by atoms with E-state index in [9.17, 15) is 19.5 Å². The number of ether oxygens (including phenoxy) is 1. The van der Waals surface area contributed by atoms with Gasteiger partial charge in [-0.15, -0.1) is 0 Å². The van der Waals surface area contributed by atoms with E-state index in [1.54, 1.807) is 0 Å². The molecule has 1 saturated carbocycles. The summed E-state index contributed by atoms with van der Waals surface area (Å²) < 4.78 is 4.94. The molecule has 0 amide bonds. The summed E-state index contributed by atoms with van der Waals surface area (Å²) in [6.07, 6.45) is 1.48. The molecule has 1 fully saturated rings. The summed E-state index contributed by atoms with van der Waals surface area (Å²) in [6, 6.07) is 0. The van der Waals surface area contributed by atoms with E-state index < -0.39 is 29.2 Å². The van der Waals surface area contributed by atoms with Crippen LogP contribution in [0.4, 0.5) is 0 Å². The lowest BCUT2D eigenvalue weighted by Gasteiger charge is -2.35. The van der Waals surface area contributed by atoms with Crippen LogP contribution in [0.15, 0.2) is 12.2 Å². The maximum absolute atomic E-state index is 11.5. The summed E-state index contributed by atoms with van der Waals surface area (Å²) in [6.45, 7) is 4.98. The van der Waals surface area contributed by atoms with Gasteiger partial charge in [-0.25, -0.2) is 4.79 Å². The third kappa shape index (κ3) is 3.82. The molecule has 1 aliphatic carbocycles. The fourth-order valence-electron chi connectivity index (χ4n) is 2.45. The summed E-state index contributed by atoms with van der Waals surface area (Å²) >= 11 is 0. The average Bonchev–Trinajstić information content (AvgIpc) is 2.38. The van der Waals surface area contributed by atoms with Gasteiger partial charge in [0.1, 0.15) is 0 Å². The fraction of sp³-hybridized carbons (Fsp3) is 0.643. The van der Waals surface area contributed by atoms with Gasteiger partial charge in [-0.3, -0.25) is 9.59 Å². The average molecular weight is 284 g/mol. The van der Waals surface area contributed by atoms with Crippen LogP contribution in [0.5, 0.6) is 0 Å². The van der Waals surface area contributed by atoms with Crippen LogP contribution >= 0.6 is 0 Å². The van der Waals surface area contributed by atoms with Gasteiger partial charge in [0.05, 0.1) is 17.9 Å². The first kappa shape index (κ1) is 16.2. The maximum atomic E-state index is 11.5. The van der Waals surface area contributed by atoms with Crippen molar-refractivity contribution in [3.63, 3.8) is 0 Å². The highest BCUT2D eigenvalue weighted by Gasteiger charge is 2.43. The largest absolute Gasteiger partial charge is 0.481 e. The SMILES string of the molecule is C=C(C)C(=O)OCCC1(C(=O)O)CCC(C(=O)O)CC1. The summed E-state index contributed by atoms with van der Waals surface area (Å²) in [5, 5.41) is 18.3. The van der Waals surface area contributed by atoms with Gasteiger partial charge in [0.25, 0.3) is 0 Å². The van der Waals surface area contributed by atoms with Crippen LogP contribution in [0.3, 0.4) is 0 Å². The molecule has 0 spiro atoms. The molecular formula is C14H20O6. The minimum atomic E-state index is -0.985. The molecule has 1 aliphatic rings. The molecule has 0 aliphatic heterocycles. The molecule has 0 heterocycles. The minimum absolute atomic E-state index is 0.00965. The third-order valence-electron chi connectivity index (χ3n) is 3.91. The Balaban J connectivity index is 2.57. The number of hydrogen-bond acceptors (Lipinski definition) is 4. The number of rotatable bonds is 6. The van der Waals surface area contributed by atoms with E-state index in [0.29, 0.717) is 25.7 Å². The van der Waals surface area contributed by atoms with Crippen LogP contribution in [0.25, 0.3) is 0 Å². The maximum Gasteiger partial charge on any atom is 0.333 e. The molecule has 6 heteroatoms. The molecule has 0 bridgehead atoms. The quantitative estimate of drug-likeness (QED) is 0.570. The topological polar surface area (TPSA) is 101 Å². The molecule has 0 unspecified atom stereocenters. The molecular weight excluding hydrogens is 264 g/mol. The van der Waals surface area contributed by atoms with Crippen LogP contribution in [-0.2, 0) is 19.1 Å². The van der Waals surface area contributed by atoms with Crippen LogP contribution in [0.1, 0.15) is 39.0 Å². The highest BCUT2D eigenvalue weighted by atomic mass is 16.5. The Labute approximate surface area is 117 Å². The Morgan fingerprint density at radius 3 is 2.20 bits per heavy atom. The van der Waals surface area contributed by atoms with Gasteiger partial charge in [0, 0.05) is 5.57 Å². The lowest BCUT2D eigenvalue weighted by Crippen LogP contribution is -2.38. The van der Waals surface area contributed by atoms with Gasteiger partial charge in [-0.2, -0.15) is 0 Å². The second kappa shape index (κ2) is 6.54. The van der Waals surface area contributed by atoms with Crippen molar-refractivity contribution in [3.8, 4) is 0 Å². The smallest absolute Gasteiger partial charge is 0.333 e. The second-order valence-corrected chi connectivity index (χ2v) is 5.36. The van der Waals surface area contributed by atoms with E-state index in [1.807, 2.05) is 0 Å². The molecule has 6 nitrogen and oxygen atoms in total. The van der Waals surface area contributed by atoms with Gasteiger partial charge in [0.2, 0.25) is 0 Å². The lowest BCUT2D eigenvalue weighted by atomic mass is 9.69. The van der Waals surface area contributed by atoms with Gasteiger partial charge >= 0.3 is 17.9 Å². The molecule has 0 atom stereocenters. The van der Waals surface area contributed by atoms with Crippen molar-refractivity contribution < 1.29 is 29.3 Å².